The van der Waals surface area contributed by atoms with Crippen molar-refractivity contribution in [3.8, 4) is 22.8 Å². The Morgan fingerprint density at radius 1 is 1.11 bits per heavy atom. The van der Waals surface area contributed by atoms with Gasteiger partial charge in [0.25, 0.3) is 5.91 Å². The number of nitrogens with zero attached hydrogens (tertiary/aromatic N) is 2. The third-order valence-corrected chi connectivity index (χ3v) is 4.09. The number of amides is 1. The van der Waals surface area contributed by atoms with E-state index in [4.69, 9.17) is 9.47 Å². The summed E-state index contributed by atoms with van der Waals surface area (Å²) in [7, 11) is 3.12. The van der Waals surface area contributed by atoms with Gasteiger partial charge in [0.1, 0.15) is 23.0 Å². The average Bonchev–Trinajstić information content (AvgIpc) is 3.22. The number of nitrogens with one attached hydrogen (secondary N) is 2. The van der Waals surface area contributed by atoms with E-state index in [-0.39, 0.29) is 11.5 Å². The quantitative estimate of drug-likeness (QED) is 0.505. The molecule has 0 spiro atoms. The summed E-state index contributed by atoms with van der Waals surface area (Å²) in [5, 5.41) is 10.9. The first-order valence-electron chi connectivity index (χ1n) is 8.40. The highest BCUT2D eigenvalue weighted by atomic mass is 19.1. The van der Waals surface area contributed by atoms with Crippen molar-refractivity contribution in [2.24, 2.45) is 5.10 Å². The molecule has 1 heterocycles. The fourth-order valence-corrected chi connectivity index (χ4v) is 2.54. The van der Waals surface area contributed by atoms with Gasteiger partial charge in [0, 0.05) is 5.56 Å². The van der Waals surface area contributed by atoms with E-state index in [2.05, 4.69) is 20.7 Å². The fraction of sp³-hybridized carbons (Fsp3) is 0.150. The molecule has 3 aromatic rings. The number of carbonyl (C=O) groups excluding carboxylic acids is 1. The summed E-state index contributed by atoms with van der Waals surface area (Å²) in [6.07, 6.45) is 0. The molecule has 1 amide bonds. The van der Waals surface area contributed by atoms with Crippen LogP contribution in [0.2, 0.25) is 0 Å². The molecule has 0 aliphatic heterocycles. The summed E-state index contributed by atoms with van der Waals surface area (Å²) in [5.41, 5.74) is 5.15. The number of H-pyrrole nitrogens is 1. The maximum Gasteiger partial charge on any atom is 0.289 e. The summed E-state index contributed by atoms with van der Waals surface area (Å²) >= 11 is 0. The molecule has 0 saturated carbocycles. The molecule has 7 nitrogen and oxygen atoms in total. The van der Waals surface area contributed by atoms with E-state index >= 15 is 0 Å². The Morgan fingerprint density at radius 3 is 2.54 bits per heavy atom. The predicted octanol–water partition coefficient (Wildman–Crippen LogP) is 3.39. The summed E-state index contributed by atoms with van der Waals surface area (Å²) < 4.78 is 23.6. The maximum atomic E-state index is 13.0. The van der Waals surface area contributed by atoms with Gasteiger partial charge in [-0.2, -0.15) is 10.2 Å². The van der Waals surface area contributed by atoms with Crippen molar-refractivity contribution in [2.45, 2.75) is 6.92 Å². The van der Waals surface area contributed by atoms with E-state index in [1.165, 1.54) is 12.1 Å². The van der Waals surface area contributed by atoms with Crippen LogP contribution in [0.25, 0.3) is 11.3 Å². The summed E-state index contributed by atoms with van der Waals surface area (Å²) in [6, 6.07) is 12.7. The number of hydrogen-bond donors (Lipinski definition) is 2. The predicted molar refractivity (Wildman–Crippen MR) is 103 cm³/mol. The van der Waals surface area contributed by atoms with Gasteiger partial charge in [0.05, 0.1) is 25.6 Å². The van der Waals surface area contributed by atoms with E-state index < -0.39 is 5.91 Å². The van der Waals surface area contributed by atoms with Gasteiger partial charge < -0.3 is 9.47 Å². The Morgan fingerprint density at radius 2 is 1.86 bits per heavy atom. The molecule has 28 heavy (non-hydrogen) atoms. The highest BCUT2D eigenvalue weighted by Gasteiger charge is 2.15. The summed E-state index contributed by atoms with van der Waals surface area (Å²) in [5.74, 6) is 0.453. The Kier molecular flexibility index (Phi) is 5.69. The highest BCUT2D eigenvalue weighted by Crippen LogP contribution is 2.32. The highest BCUT2D eigenvalue weighted by molar-refractivity contribution is 6.00. The second kappa shape index (κ2) is 8.34. The van der Waals surface area contributed by atoms with Crippen LogP contribution in [0.3, 0.4) is 0 Å². The largest absolute Gasteiger partial charge is 0.497 e. The minimum absolute atomic E-state index is 0.232. The topological polar surface area (TPSA) is 88.6 Å². The maximum absolute atomic E-state index is 13.0. The molecule has 1 aromatic heterocycles. The summed E-state index contributed by atoms with van der Waals surface area (Å²) in [6.45, 7) is 1.72. The Labute approximate surface area is 161 Å². The van der Waals surface area contributed by atoms with Crippen molar-refractivity contribution in [1.29, 1.82) is 0 Å². The molecule has 8 heteroatoms. The van der Waals surface area contributed by atoms with Crippen molar-refractivity contribution in [3.05, 3.63) is 65.6 Å². The molecule has 0 unspecified atom stereocenters. The molecule has 2 aromatic carbocycles. The Hall–Kier alpha value is -3.68. The van der Waals surface area contributed by atoms with Gasteiger partial charge in [0.2, 0.25) is 0 Å². The monoisotopic (exact) mass is 382 g/mol. The lowest BCUT2D eigenvalue weighted by Gasteiger charge is -2.08. The number of methoxy groups -OCH3 is 2. The van der Waals surface area contributed by atoms with Crippen LogP contribution < -0.4 is 14.9 Å². The number of hydrogen-bond acceptors (Lipinski definition) is 5. The van der Waals surface area contributed by atoms with Crippen molar-refractivity contribution >= 4 is 11.6 Å². The minimum Gasteiger partial charge on any atom is -0.497 e. The lowest BCUT2D eigenvalue weighted by atomic mass is 10.1. The number of rotatable bonds is 6. The van der Waals surface area contributed by atoms with Crippen molar-refractivity contribution in [1.82, 2.24) is 15.6 Å². The molecule has 0 atom stereocenters. The summed E-state index contributed by atoms with van der Waals surface area (Å²) in [4.78, 5) is 12.4. The van der Waals surface area contributed by atoms with Gasteiger partial charge in [-0.3, -0.25) is 9.89 Å². The van der Waals surface area contributed by atoms with Gasteiger partial charge in [-0.05, 0) is 48.9 Å². The average molecular weight is 382 g/mol. The molecular formula is C20H19FN4O3. The van der Waals surface area contributed by atoms with Gasteiger partial charge in [-0.25, -0.2) is 9.82 Å². The van der Waals surface area contributed by atoms with Crippen LogP contribution in [-0.4, -0.2) is 36.0 Å². The van der Waals surface area contributed by atoms with Crippen LogP contribution in [0.15, 0.2) is 53.6 Å². The number of ether oxygens (including phenoxy) is 2. The van der Waals surface area contributed by atoms with E-state index in [0.29, 0.717) is 34.0 Å². The standard InChI is InChI=1S/C20H19FN4O3/c1-12(13-4-6-14(21)7-5-13)22-25-20(26)18-11-17(23-24-18)16-10-15(27-2)8-9-19(16)28-3/h4-11H,1-3H3,(H,23,24)(H,25,26). The molecule has 0 aliphatic carbocycles. The van der Waals surface area contributed by atoms with Crippen LogP contribution in [0.4, 0.5) is 4.39 Å². The van der Waals surface area contributed by atoms with Crippen LogP contribution in [0.1, 0.15) is 23.0 Å². The Balaban J connectivity index is 1.77. The number of halogens is 1. The smallest absolute Gasteiger partial charge is 0.289 e. The van der Waals surface area contributed by atoms with Gasteiger partial charge in [0.15, 0.2) is 0 Å². The fourth-order valence-electron chi connectivity index (χ4n) is 2.54. The molecule has 0 aliphatic rings. The van der Waals surface area contributed by atoms with E-state index in [1.54, 1.807) is 57.5 Å². The number of benzene rings is 2. The number of aromatic nitrogens is 2. The first-order valence-corrected chi connectivity index (χ1v) is 8.40. The van der Waals surface area contributed by atoms with Gasteiger partial charge in [-0.15, -0.1) is 0 Å². The molecule has 144 valence electrons. The number of aromatic amines is 1. The Bertz CT molecular complexity index is 1010. The third kappa shape index (κ3) is 4.17. The first-order chi connectivity index (χ1) is 13.5. The van der Waals surface area contributed by atoms with Crippen LogP contribution in [-0.2, 0) is 0 Å². The molecular weight excluding hydrogens is 363 g/mol. The third-order valence-electron chi connectivity index (χ3n) is 4.09. The lowest BCUT2D eigenvalue weighted by molar-refractivity contribution is 0.0950. The van der Waals surface area contributed by atoms with E-state index in [1.807, 2.05) is 0 Å². The second-order valence-corrected chi connectivity index (χ2v) is 5.88. The number of carbonyl (C=O) groups is 1. The van der Waals surface area contributed by atoms with Crippen LogP contribution in [0, 0.1) is 5.82 Å². The lowest BCUT2D eigenvalue weighted by Crippen LogP contribution is -2.19. The zero-order chi connectivity index (χ0) is 20.1. The molecule has 2 N–H and O–H groups in total. The molecule has 0 bridgehead atoms. The minimum atomic E-state index is -0.456. The zero-order valence-electron chi connectivity index (χ0n) is 15.6. The van der Waals surface area contributed by atoms with Crippen molar-refractivity contribution in [3.63, 3.8) is 0 Å². The van der Waals surface area contributed by atoms with Crippen molar-refractivity contribution in [2.75, 3.05) is 14.2 Å². The first kappa shape index (κ1) is 19.1. The zero-order valence-corrected chi connectivity index (χ0v) is 15.6. The van der Waals surface area contributed by atoms with Gasteiger partial charge in [-0.1, -0.05) is 12.1 Å². The molecule has 0 radical (unpaired) electrons. The SMILES string of the molecule is COc1ccc(OC)c(-c2cc(C(=O)NN=C(C)c3ccc(F)cc3)[nH]n2)c1. The normalized spacial score (nSPS) is 11.2. The second-order valence-electron chi connectivity index (χ2n) is 5.88. The number of hydrazone groups is 1. The van der Waals surface area contributed by atoms with Crippen LogP contribution in [0.5, 0.6) is 11.5 Å². The molecule has 0 saturated heterocycles. The van der Waals surface area contributed by atoms with Crippen molar-refractivity contribution < 1.29 is 18.7 Å². The molecule has 3 rings (SSSR count). The van der Waals surface area contributed by atoms with E-state index in [9.17, 15) is 9.18 Å². The van der Waals surface area contributed by atoms with Gasteiger partial charge >= 0.3 is 0 Å². The van der Waals surface area contributed by atoms with Crippen LogP contribution >= 0.6 is 0 Å². The van der Waals surface area contributed by atoms with E-state index in [0.717, 1.165) is 0 Å². The molecule has 0 fully saturated rings.